The average molecular weight is 380 g/mol. The van der Waals surface area contributed by atoms with Crippen molar-refractivity contribution in [3.8, 4) is 5.75 Å². The summed E-state index contributed by atoms with van der Waals surface area (Å²) in [5.41, 5.74) is 2.68. The van der Waals surface area contributed by atoms with E-state index in [2.05, 4.69) is 22.3 Å². The van der Waals surface area contributed by atoms with Gasteiger partial charge in [-0.05, 0) is 67.1 Å². The van der Waals surface area contributed by atoms with Crippen LogP contribution in [0.4, 0.5) is 5.69 Å². The number of rotatable bonds is 8. The van der Waals surface area contributed by atoms with Gasteiger partial charge in [-0.2, -0.15) is 0 Å². The Morgan fingerprint density at radius 2 is 1.86 bits per heavy atom. The van der Waals surface area contributed by atoms with E-state index < -0.39 is 0 Å². The smallest absolute Gasteiger partial charge is 0.255 e. The van der Waals surface area contributed by atoms with E-state index in [0.717, 1.165) is 43.8 Å². The largest absolute Gasteiger partial charge is 0.497 e. The zero-order chi connectivity index (χ0) is 19.3. The van der Waals surface area contributed by atoms with Crippen molar-refractivity contribution in [1.82, 2.24) is 4.90 Å². The molecule has 0 aromatic heterocycles. The second kappa shape index (κ2) is 8.76. The number of anilines is 1. The highest BCUT2D eigenvalue weighted by atomic mass is 16.5. The topological polar surface area (TPSA) is 50.8 Å². The van der Waals surface area contributed by atoms with Crippen molar-refractivity contribution < 1.29 is 14.3 Å². The Morgan fingerprint density at radius 3 is 2.46 bits per heavy atom. The van der Waals surface area contributed by atoms with Gasteiger partial charge in [0.25, 0.3) is 5.91 Å². The highest BCUT2D eigenvalue weighted by molar-refractivity contribution is 6.04. The first-order valence-corrected chi connectivity index (χ1v) is 10.1. The average Bonchev–Trinajstić information content (AvgIpc) is 3.45. The fourth-order valence-electron chi connectivity index (χ4n) is 3.72. The van der Waals surface area contributed by atoms with E-state index in [-0.39, 0.29) is 5.91 Å². The molecule has 5 heteroatoms. The Hall–Kier alpha value is -2.37. The predicted molar refractivity (Wildman–Crippen MR) is 110 cm³/mol. The van der Waals surface area contributed by atoms with Gasteiger partial charge in [0.1, 0.15) is 5.75 Å². The van der Waals surface area contributed by atoms with Gasteiger partial charge in [0, 0.05) is 37.0 Å². The Morgan fingerprint density at radius 1 is 1.11 bits per heavy atom. The van der Waals surface area contributed by atoms with Gasteiger partial charge in [-0.15, -0.1) is 0 Å². The molecule has 1 heterocycles. The first-order chi connectivity index (χ1) is 13.7. The summed E-state index contributed by atoms with van der Waals surface area (Å²) in [6, 6.07) is 16.0. The summed E-state index contributed by atoms with van der Waals surface area (Å²) in [7, 11) is 1.63. The zero-order valence-electron chi connectivity index (χ0n) is 16.4. The minimum absolute atomic E-state index is 0.0983. The van der Waals surface area contributed by atoms with Gasteiger partial charge in [0.15, 0.2) is 0 Å². The Bertz CT molecular complexity index is 778. The molecule has 5 nitrogen and oxygen atoms in total. The molecular formula is C23H28N2O3. The molecule has 1 amide bonds. The Labute approximate surface area is 166 Å². The van der Waals surface area contributed by atoms with Crippen molar-refractivity contribution in [3.05, 3.63) is 59.7 Å². The van der Waals surface area contributed by atoms with E-state index in [9.17, 15) is 4.79 Å². The molecule has 1 aliphatic carbocycles. The van der Waals surface area contributed by atoms with Gasteiger partial charge >= 0.3 is 0 Å². The van der Waals surface area contributed by atoms with Gasteiger partial charge in [-0.25, -0.2) is 0 Å². The van der Waals surface area contributed by atoms with E-state index >= 15 is 0 Å². The van der Waals surface area contributed by atoms with Gasteiger partial charge in [0.2, 0.25) is 0 Å². The molecular weight excluding hydrogens is 352 g/mol. The summed E-state index contributed by atoms with van der Waals surface area (Å²) in [6.45, 7) is 3.86. The molecule has 0 unspecified atom stereocenters. The highest BCUT2D eigenvalue weighted by Gasteiger charge is 2.31. The fraction of sp³-hybridized carbons (Fsp3) is 0.435. The number of hydrogen-bond donors (Lipinski definition) is 1. The summed E-state index contributed by atoms with van der Waals surface area (Å²) in [4.78, 5) is 15.1. The predicted octanol–water partition coefficient (Wildman–Crippen LogP) is 3.95. The molecule has 2 aliphatic rings. The van der Waals surface area contributed by atoms with Crippen LogP contribution in [0.15, 0.2) is 48.5 Å². The monoisotopic (exact) mass is 380 g/mol. The maximum atomic E-state index is 12.5. The molecule has 2 fully saturated rings. The molecule has 148 valence electrons. The maximum absolute atomic E-state index is 12.5. The Kier molecular flexibility index (Phi) is 5.93. The lowest BCUT2D eigenvalue weighted by atomic mass is 10.1. The lowest BCUT2D eigenvalue weighted by Crippen LogP contribution is -2.31. The van der Waals surface area contributed by atoms with Crippen LogP contribution < -0.4 is 10.1 Å². The molecule has 1 atom stereocenters. The normalized spacial score (nSPS) is 19.0. The second-order valence-corrected chi connectivity index (χ2v) is 7.77. The quantitative estimate of drug-likeness (QED) is 0.753. The molecule has 1 N–H and O–H groups in total. The summed E-state index contributed by atoms with van der Waals surface area (Å²) >= 11 is 0. The fourth-order valence-corrected chi connectivity index (χ4v) is 3.72. The van der Waals surface area contributed by atoms with Crippen LogP contribution >= 0.6 is 0 Å². The van der Waals surface area contributed by atoms with Crippen LogP contribution in [0.2, 0.25) is 0 Å². The molecule has 4 rings (SSSR count). The van der Waals surface area contributed by atoms with E-state index in [1.54, 1.807) is 7.11 Å². The number of nitrogens with one attached hydrogen (secondary N) is 1. The second-order valence-electron chi connectivity index (χ2n) is 7.77. The van der Waals surface area contributed by atoms with Crippen molar-refractivity contribution in [2.75, 3.05) is 32.2 Å². The Balaban J connectivity index is 1.34. The van der Waals surface area contributed by atoms with Crippen molar-refractivity contribution in [1.29, 1.82) is 0 Å². The van der Waals surface area contributed by atoms with Crippen LogP contribution in [0.3, 0.4) is 0 Å². The maximum Gasteiger partial charge on any atom is 0.255 e. The first-order valence-electron chi connectivity index (χ1n) is 10.1. The molecule has 0 spiro atoms. The molecule has 0 radical (unpaired) electrons. The van der Waals surface area contributed by atoms with Crippen LogP contribution in [0.1, 0.15) is 35.2 Å². The minimum atomic E-state index is -0.0983. The summed E-state index contributed by atoms with van der Waals surface area (Å²) in [5, 5.41) is 2.93. The number of benzene rings is 2. The SMILES string of the molecule is COc1ccc(NC(=O)c2ccc(CN(C[C@H]3CCOC3)C3CC3)cc2)cc1. The van der Waals surface area contributed by atoms with Crippen LogP contribution in [-0.4, -0.2) is 43.7 Å². The highest BCUT2D eigenvalue weighted by Crippen LogP contribution is 2.30. The number of methoxy groups -OCH3 is 1. The van der Waals surface area contributed by atoms with Gasteiger partial charge in [-0.3, -0.25) is 9.69 Å². The van der Waals surface area contributed by atoms with E-state index in [4.69, 9.17) is 9.47 Å². The summed E-state index contributed by atoms with van der Waals surface area (Å²) < 4.78 is 10.7. The molecule has 0 bridgehead atoms. The van der Waals surface area contributed by atoms with Crippen LogP contribution in [0.5, 0.6) is 5.75 Å². The third kappa shape index (κ3) is 4.91. The lowest BCUT2D eigenvalue weighted by Gasteiger charge is -2.25. The lowest BCUT2D eigenvalue weighted by molar-refractivity contribution is 0.102. The number of carbonyl (C=O) groups is 1. The molecule has 1 saturated carbocycles. The van der Waals surface area contributed by atoms with Gasteiger partial charge < -0.3 is 14.8 Å². The standard InChI is InChI=1S/C23H28N2O3/c1-27-22-10-6-20(7-11-22)24-23(26)19-4-2-17(3-5-19)14-25(21-8-9-21)15-18-12-13-28-16-18/h2-7,10-11,18,21H,8-9,12-16H2,1H3,(H,24,26)/t18-/m1/s1. The molecule has 1 saturated heterocycles. The van der Waals surface area contributed by atoms with E-state index in [1.807, 2.05) is 36.4 Å². The third-order valence-electron chi connectivity index (χ3n) is 5.53. The third-order valence-corrected chi connectivity index (χ3v) is 5.53. The number of hydrogen-bond acceptors (Lipinski definition) is 4. The molecule has 2 aromatic carbocycles. The zero-order valence-corrected chi connectivity index (χ0v) is 16.4. The van der Waals surface area contributed by atoms with Crippen LogP contribution in [-0.2, 0) is 11.3 Å². The molecule has 28 heavy (non-hydrogen) atoms. The van der Waals surface area contributed by atoms with Crippen molar-refractivity contribution >= 4 is 11.6 Å². The van der Waals surface area contributed by atoms with Crippen molar-refractivity contribution in [3.63, 3.8) is 0 Å². The summed E-state index contributed by atoms with van der Waals surface area (Å²) in [5.74, 6) is 1.33. The molecule has 2 aromatic rings. The van der Waals surface area contributed by atoms with Gasteiger partial charge in [0.05, 0.1) is 13.7 Å². The van der Waals surface area contributed by atoms with Crippen LogP contribution in [0, 0.1) is 5.92 Å². The van der Waals surface area contributed by atoms with E-state index in [0.29, 0.717) is 11.5 Å². The number of carbonyl (C=O) groups excluding carboxylic acids is 1. The number of ether oxygens (including phenoxy) is 2. The number of amides is 1. The van der Waals surface area contributed by atoms with Gasteiger partial charge in [-0.1, -0.05) is 12.1 Å². The van der Waals surface area contributed by atoms with E-state index in [1.165, 1.54) is 24.8 Å². The van der Waals surface area contributed by atoms with Crippen molar-refractivity contribution in [2.24, 2.45) is 5.92 Å². The molecule has 1 aliphatic heterocycles. The van der Waals surface area contributed by atoms with Crippen LogP contribution in [0.25, 0.3) is 0 Å². The van der Waals surface area contributed by atoms with Crippen molar-refractivity contribution in [2.45, 2.75) is 31.8 Å². The minimum Gasteiger partial charge on any atom is -0.497 e. The summed E-state index contributed by atoms with van der Waals surface area (Å²) in [6.07, 6.45) is 3.78. The first kappa shape index (κ1) is 19.0. The number of nitrogens with zero attached hydrogens (tertiary/aromatic N) is 1.